The number of hydrazone groups is 1. The van der Waals surface area contributed by atoms with E-state index in [-0.39, 0.29) is 11.9 Å². The number of anilines is 1. The van der Waals surface area contributed by atoms with Crippen molar-refractivity contribution in [3.05, 3.63) is 51.7 Å². The van der Waals surface area contributed by atoms with Crippen LogP contribution in [0.15, 0.2) is 45.4 Å². The lowest BCUT2D eigenvalue weighted by Gasteiger charge is -2.04. The van der Waals surface area contributed by atoms with Crippen molar-refractivity contribution in [1.82, 2.24) is 20.6 Å². The molecule has 1 N–H and O–H groups in total. The zero-order chi connectivity index (χ0) is 18.3. The number of amides is 1. The average molecular weight is 389 g/mol. The molecule has 10 heteroatoms. The van der Waals surface area contributed by atoms with Crippen molar-refractivity contribution in [2.75, 3.05) is 5.01 Å². The molecule has 8 nitrogen and oxygen atoms in total. The van der Waals surface area contributed by atoms with Gasteiger partial charge in [0.15, 0.2) is 0 Å². The van der Waals surface area contributed by atoms with Gasteiger partial charge in [-0.15, -0.1) is 5.10 Å². The van der Waals surface area contributed by atoms with Crippen LogP contribution in [-0.2, 0) is 4.79 Å². The van der Waals surface area contributed by atoms with E-state index in [4.69, 9.17) is 27.6 Å². The van der Waals surface area contributed by atoms with Crippen molar-refractivity contribution in [1.29, 1.82) is 0 Å². The highest BCUT2D eigenvalue weighted by Gasteiger charge is 2.31. The molecule has 0 aliphatic carbocycles. The van der Waals surface area contributed by atoms with Crippen molar-refractivity contribution in [2.24, 2.45) is 5.10 Å². The van der Waals surface area contributed by atoms with Gasteiger partial charge in [-0.1, -0.05) is 28.3 Å². The van der Waals surface area contributed by atoms with Gasteiger partial charge in [-0.05, 0) is 48.5 Å². The molecule has 0 bridgehead atoms. The highest BCUT2D eigenvalue weighted by Crippen LogP contribution is 2.30. The van der Waals surface area contributed by atoms with Crippen molar-refractivity contribution >= 4 is 46.8 Å². The molecule has 1 amide bonds. The Morgan fingerprint density at radius 1 is 1.19 bits per heavy atom. The largest absolute Gasteiger partial charge is 0.457 e. The lowest BCUT2D eigenvalue weighted by atomic mass is 10.1. The summed E-state index contributed by atoms with van der Waals surface area (Å²) in [5, 5.41) is 19.4. The zero-order valence-corrected chi connectivity index (χ0v) is 14.8. The van der Waals surface area contributed by atoms with Crippen LogP contribution in [0.25, 0.3) is 17.4 Å². The number of furan rings is 1. The number of nitrogens with zero attached hydrogens (tertiary/aromatic N) is 5. The Balaban J connectivity index is 1.63. The maximum absolute atomic E-state index is 12.5. The fourth-order valence-electron chi connectivity index (χ4n) is 2.44. The molecule has 3 aromatic rings. The molecule has 26 heavy (non-hydrogen) atoms. The Morgan fingerprint density at radius 2 is 2.04 bits per heavy atom. The highest BCUT2D eigenvalue weighted by molar-refractivity contribution is 6.42. The van der Waals surface area contributed by atoms with Crippen LogP contribution in [-0.4, -0.2) is 32.2 Å². The van der Waals surface area contributed by atoms with Gasteiger partial charge in [-0.2, -0.15) is 15.3 Å². The molecule has 0 unspecified atom stereocenters. The molecule has 0 radical (unpaired) electrons. The first kappa shape index (κ1) is 16.5. The molecule has 130 valence electrons. The molecule has 1 aliphatic heterocycles. The van der Waals surface area contributed by atoms with Crippen LogP contribution in [0.4, 0.5) is 5.95 Å². The predicted octanol–water partition coefficient (Wildman–Crippen LogP) is 3.57. The van der Waals surface area contributed by atoms with Gasteiger partial charge >= 0.3 is 0 Å². The SMILES string of the molecule is CC1=NN(c2nn[nH]n2)C(=O)/C1=C/c1ccc(-c2ccc(Cl)c(Cl)c2)o1. The quantitative estimate of drug-likeness (QED) is 0.691. The fourth-order valence-corrected chi connectivity index (χ4v) is 2.74. The number of hydrogen-bond donors (Lipinski definition) is 1. The van der Waals surface area contributed by atoms with Gasteiger partial charge in [0.1, 0.15) is 11.5 Å². The minimum atomic E-state index is -0.364. The number of benzene rings is 1. The van der Waals surface area contributed by atoms with Crippen LogP contribution in [0.1, 0.15) is 12.7 Å². The number of H-pyrrole nitrogens is 1. The molecule has 0 atom stereocenters. The zero-order valence-electron chi connectivity index (χ0n) is 13.3. The van der Waals surface area contributed by atoms with Crippen LogP contribution < -0.4 is 5.01 Å². The number of aromatic nitrogens is 4. The first-order valence-electron chi connectivity index (χ1n) is 7.43. The van der Waals surface area contributed by atoms with Gasteiger partial charge in [-0.3, -0.25) is 4.79 Å². The normalized spacial score (nSPS) is 15.8. The second kappa shape index (κ2) is 6.40. The van der Waals surface area contributed by atoms with Gasteiger partial charge in [0.2, 0.25) is 0 Å². The number of carbonyl (C=O) groups is 1. The first-order chi connectivity index (χ1) is 12.5. The molecule has 0 saturated carbocycles. The minimum absolute atomic E-state index is 0.0775. The Kier molecular flexibility index (Phi) is 4.06. The molecule has 1 aromatic carbocycles. The average Bonchev–Trinajstić information content (AvgIpc) is 3.35. The predicted molar refractivity (Wildman–Crippen MR) is 96.9 cm³/mol. The number of nitrogens with one attached hydrogen (secondary N) is 1. The van der Waals surface area contributed by atoms with E-state index in [0.29, 0.717) is 32.9 Å². The van der Waals surface area contributed by atoms with Crippen molar-refractivity contribution < 1.29 is 9.21 Å². The summed E-state index contributed by atoms with van der Waals surface area (Å²) in [6.45, 7) is 1.71. The third-order valence-electron chi connectivity index (χ3n) is 3.70. The smallest absolute Gasteiger partial charge is 0.293 e. The van der Waals surface area contributed by atoms with E-state index < -0.39 is 0 Å². The Labute approximate surface area is 157 Å². The van der Waals surface area contributed by atoms with Crippen LogP contribution in [0, 0.1) is 0 Å². The molecule has 0 fully saturated rings. The monoisotopic (exact) mass is 388 g/mol. The second-order valence-corrected chi connectivity index (χ2v) is 6.22. The summed E-state index contributed by atoms with van der Waals surface area (Å²) in [4.78, 5) is 12.5. The third kappa shape index (κ3) is 2.89. The van der Waals surface area contributed by atoms with Gasteiger partial charge in [0.05, 0.1) is 21.3 Å². The molecule has 3 heterocycles. The van der Waals surface area contributed by atoms with E-state index >= 15 is 0 Å². The van der Waals surface area contributed by atoms with Crippen LogP contribution >= 0.6 is 23.2 Å². The number of tetrazole rings is 1. The van der Waals surface area contributed by atoms with Gasteiger partial charge in [0, 0.05) is 5.56 Å². The summed E-state index contributed by atoms with van der Waals surface area (Å²) < 4.78 is 5.80. The number of carbonyl (C=O) groups excluding carboxylic acids is 1. The van der Waals surface area contributed by atoms with Crippen LogP contribution in [0.3, 0.4) is 0 Å². The van der Waals surface area contributed by atoms with Crippen molar-refractivity contribution in [3.8, 4) is 11.3 Å². The molecule has 1 aliphatic rings. The summed E-state index contributed by atoms with van der Waals surface area (Å²) >= 11 is 12.0. The topological polar surface area (TPSA) is 100 Å². The standard InChI is InChI=1S/C16H10Cl2N6O2/c1-8-11(15(25)24(21-8)16-19-22-23-20-16)7-10-3-5-14(26-10)9-2-4-12(17)13(18)6-9/h2-7H,1H3,(H,19,20,22,23)/b11-7+. The van der Waals surface area contributed by atoms with E-state index in [1.165, 1.54) is 0 Å². The molecule has 0 spiro atoms. The van der Waals surface area contributed by atoms with E-state index in [2.05, 4.69) is 25.7 Å². The van der Waals surface area contributed by atoms with Crippen molar-refractivity contribution in [3.63, 3.8) is 0 Å². The van der Waals surface area contributed by atoms with Gasteiger partial charge in [0.25, 0.3) is 11.9 Å². The van der Waals surface area contributed by atoms with E-state index in [0.717, 1.165) is 10.6 Å². The Bertz CT molecular complexity index is 1050. The summed E-state index contributed by atoms with van der Waals surface area (Å²) in [7, 11) is 0. The minimum Gasteiger partial charge on any atom is -0.457 e. The Morgan fingerprint density at radius 3 is 2.77 bits per heavy atom. The summed E-state index contributed by atoms with van der Waals surface area (Å²) in [5.74, 6) is 0.814. The van der Waals surface area contributed by atoms with Gasteiger partial charge < -0.3 is 4.42 Å². The number of rotatable bonds is 3. The first-order valence-corrected chi connectivity index (χ1v) is 8.19. The maximum atomic E-state index is 12.5. The second-order valence-electron chi connectivity index (χ2n) is 5.40. The lowest BCUT2D eigenvalue weighted by Crippen LogP contribution is -2.22. The molecule has 2 aromatic heterocycles. The van der Waals surface area contributed by atoms with Crippen molar-refractivity contribution in [2.45, 2.75) is 6.92 Å². The third-order valence-corrected chi connectivity index (χ3v) is 4.44. The van der Waals surface area contributed by atoms with E-state index in [1.54, 1.807) is 43.3 Å². The summed E-state index contributed by atoms with van der Waals surface area (Å²) in [6.07, 6.45) is 1.61. The van der Waals surface area contributed by atoms with E-state index in [9.17, 15) is 4.79 Å². The van der Waals surface area contributed by atoms with E-state index in [1.807, 2.05) is 0 Å². The number of aromatic amines is 1. The Hall–Kier alpha value is -2.97. The molecular formula is C16H10Cl2N6O2. The molecule has 4 rings (SSSR count). The van der Waals surface area contributed by atoms with Crippen LogP contribution in [0.5, 0.6) is 0 Å². The maximum Gasteiger partial charge on any atom is 0.293 e. The lowest BCUT2D eigenvalue weighted by molar-refractivity contribution is -0.114. The van der Waals surface area contributed by atoms with Crippen LogP contribution in [0.2, 0.25) is 10.0 Å². The number of halogens is 2. The van der Waals surface area contributed by atoms with Gasteiger partial charge in [-0.25, -0.2) is 0 Å². The number of hydrogen-bond acceptors (Lipinski definition) is 6. The highest BCUT2D eigenvalue weighted by atomic mass is 35.5. The summed E-state index contributed by atoms with van der Waals surface area (Å²) in [6, 6.07) is 8.75. The summed E-state index contributed by atoms with van der Waals surface area (Å²) in [5.41, 5.74) is 1.68. The molecular weight excluding hydrogens is 379 g/mol. The fraction of sp³-hybridized carbons (Fsp3) is 0.0625. The molecule has 0 saturated heterocycles.